The number of aromatic nitrogens is 1. The quantitative estimate of drug-likeness (QED) is 0.930. The first-order valence-electron chi connectivity index (χ1n) is 8.74. The fourth-order valence-electron chi connectivity index (χ4n) is 3.52. The normalized spacial score (nSPS) is 20.4. The molecule has 1 aromatic carbocycles. The molecule has 2 atom stereocenters. The number of hydrogen-bond donors (Lipinski definition) is 1. The number of carbonyl (C=O) groups excluding carboxylic acids is 1. The van der Waals surface area contributed by atoms with Crippen molar-refractivity contribution >= 4 is 5.91 Å². The van der Waals surface area contributed by atoms with Crippen LogP contribution in [0.4, 0.5) is 0 Å². The van der Waals surface area contributed by atoms with Crippen LogP contribution in [-0.2, 0) is 0 Å². The number of likely N-dealkylation sites (tertiary alicyclic amines) is 1. The van der Waals surface area contributed by atoms with E-state index in [9.17, 15) is 4.79 Å². The minimum absolute atomic E-state index is 0.0184. The lowest BCUT2D eigenvalue weighted by Gasteiger charge is -2.39. The van der Waals surface area contributed by atoms with Crippen molar-refractivity contribution in [1.82, 2.24) is 9.88 Å². The number of benzene rings is 1. The van der Waals surface area contributed by atoms with Gasteiger partial charge in [-0.15, -0.1) is 0 Å². The van der Waals surface area contributed by atoms with Gasteiger partial charge in [0.05, 0.1) is 12.7 Å². The molecule has 5 heteroatoms. The van der Waals surface area contributed by atoms with E-state index in [2.05, 4.69) is 11.9 Å². The zero-order valence-corrected chi connectivity index (χ0v) is 14.8. The zero-order valence-electron chi connectivity index (χ0n) is 14.8. The SMILES string of the molecule is COc1ccc(-c2cncc(C(=O)N3CCC[C@@H](C)[C@H]3CN)c2)cc1. The van der Waals surface area contributed by atoms with Crippen molar-refractivity contribution in [3.8, 4) is 16.9 Å². The Balaban J connectivity index is 1.86. The van der Waals surface area contributed by atoms with Crippen LogP contribution in [0.15, 0.2) is 42.7 Å². The van der Waals surface area contributed by atoms with E-state index in [1.165, 1.54) is 0 Å². The van der Waals surface area contributed by atoms with E-state index in [4.69, 9.17) is 10.5 Å². The molecule has 0 aliphatic carbocycles. The number of rotatable bonds is 4. The molecule has 3 rings (SSSR count). The van der Waals surface area contributed by atoms with Gasteiger partial charge in [-0.1, -0.05) is 19.1 Å². The van der Waals surface area contributed by atoms with Crippen molar-refractivity contribution in [1.29, 1.82) is 0 Å². The van der Waals surface area contributed by atoms with Crippen molar-refractivity contribution in [2.45, 2.75) is 25.8 Å². The second-order valence-corrected chi connectivity index (χ2v) is 6.61. The lowest BCUT2D eigenvalue weighted by molar-refractivity contribution is 0.0532. The Morgan fingerprint density at radius 1 is 1.28 bits per heavy atom. The van der Waals surface area contributed by atoms with Gasteiger partial charge >= 0.3 is 0 Å². The summed E-state index contributed by atoms with van der Waals surface area (Å²) in [6.45, 7) is 3.43. The highest BCUT2D eigenvalue weighted by Crippen LogP contribution is 2.26. The Morgan fingerprint density at radius 2 is 2.04 bits per heavy atom. The highest BCUT2D eigenvalue weighted by molar-refractivity contribution is 5.95. The number of ether oxygens (including phenoxy) is 1. The van der Waals surface area contributed by atoms with Gasteiger partial charge in [0.25, 0.3) is 5.91 Å². The lowest BCUT2D eigenvalue weighted by atomic mass is 9.90. The van der Waals surface area contributed by atoms with Crippen LogP contribution in [0, 0.1) is 5.92 Å². The largest absolute Gasteiger partial charge is 0.497 e. The van der Waals surface area contributed by atoms with E-state index < -0.39 is 0 Å². The van der Waals surface area contributed by atoms with E-state index in [1.807, 2.05) is 35.2 Å². The Kier molecular flexibility index (Phi) is 5.34. The fourth-order valence-corrected chi connectivity index (χ4v) is 3.52. The van der Waals surface area contributed by atoms with Crippen molar-refractivity contribution in [2.75, 3.05) is 20.2 Å². The molecule has 1 fully saturated rings. The standard InChI is InChI=1S/C20H25N3O2/c1-14-4-3-9-23(19(14)11-21)20(24)17-10-16(12-22-13-17)15-5-7-18(25-2)8-6-15/h5-8,10,12-14,19H,3-4,9,11,21H2,1-2H3/t14-,19-/m1/s1. The van der Waals surface area contributed by atoms with Gasteiger partial charge in [0.2, 0.25) is 0 Å². The van der Waals surface area contributed by atoms with Crippen LogP contribution < -0.4 is 10.5 Å². The maximum Gasteiger partial charge on any atom is 0.255 e. The molecule has 1 amide bonds. The van der Waals surface area contributed by atoms with E-state index in [1.54, 1.807) is 19.5 Å². The highest BCUT2D eigenvalue weighted by Gasteiger charge is 2.31. The molecular formula is C20H25N3O2. The molecule has 0 unspecified atom stereocenters. The molecule has 1 saturated heterocycles. The van der Waals surface area contributed by atoms with Crippen LogP contribution in [0.5, 0.6) is 5.75 Å². The highest BCUT2D eigenvalue weighted by atomic mass is 16.5. The summed E-state index contributed by atoms with van der Waals surface area (Å²) >= 11 is 0. The first-order valence-corrected chi connectivity index (χ1v) is 8.74. The maximum absolute atomic E-state index is 13.0. The number of methoxy groups -OCH3 is 1. The molecular weight excluding hydrogens is 314 g/mol. The Bertz CT molecular complexity index is 730. The summed E-state index contributed by atoms with van der Waals surface area (Å²) in [6.07, 6.45) is 5.56. The summed E-state index contributed by atoms with van der Waals surface area (Å²) in [6, 6.07) is 9.75. The lowest BCUT2D eigenvalue weighted by Crippen LogP contribution is -2.51. The van der Waals surface area contributed by atoms with Crippen LogP contribution >= 0.6 is 0 Å². The van der Waals surface area contributed by atoms with Crippen LogP contribution in [0.3, 0.4) is 0 Å². The van der Waals surface area contributed by atoms with E-state index in [0.717, 1.165) is 36.3 Å². The second kappa shape index (κ2) is 7.66. The predicted octanol–water partition coefficient (Wildman–Crippen LogP) is 2.96. The van der Waals surface area contributed by atoms with Crippen LogP contribution in [0.2, 0.25) is 0 Å². The van der Waals surface area contributed by atoms with Gasteiger partial charge in [0.15, 0.2) is 0 Å². The minimum atomic E-state index is 0.0184. The predicted molar refractivity (Wildman–Crippen MR) is 98.5 cm³/mol. The summed E-state index contributed by atoms with van der Waals surface area (Å²) in [7, 11) is 1.64. The van der Waals surface area contributed by atoms with Gasteiger partial charge in [0, 0.05) is 37.1 Å². The first kappa shape index (κ1) is 17.4. The van der Waals surface area contributed by atoms with Gasteiger partial charge in [-0.2, -0.15) is 0 Å². The van der Waals surface area contributed by atoms with Gasteiger partial charge in [-0.05, 0) is 42.5 Å². The van der Waals surface area contributed by atoms with E-state index in [-0.39, 0.29) is 11.9 Å². The molecule has 0 spiro atoms. The number of amides is 1. The van der Waals surface area contributed by atoms with Crippen molar-refractivity contribution < 1.29 is 9.53 Å². The zero-order chi connectivity index (χ0) is 17.8. The van der Waals surface area contributed by atoms with Crippen LogP contribution in [0.1, 0.15) is 30.1 Å². The van der Waals surface area contributed by atoms with Gasteiger partial charge in [0.1, 0.15) is 5.75 Å². The Labute approximate surface area is 148 Å². The topological polar surface area (TPSA) is 68.5 Å². The number of hydrogen-bond acceptors (Lipinski definition) is 4. The van der Waals surface area contributed by atoms with E-state index >= 15 is 0 Å². The van der Waals surface area contributed by atoms with Gasteiger partial charge in [-0.25, -0.2) is 0 Å². The van der Waals surface area contributed by atoms with E-state index in [0.29, 0.717) is 18.0 Å². The molecule has 132 valence electrons. The second-order valence-electron chi connectivity index (χ2n) is 6.61. The average Bonchev–Trinajstić information content (AvgIpc) is 2.67. The number of nitrogens with zero attached hydrogens (tertiary/aromatic N) is 2. The molecule has 0 saturated carbocycles. The molecule has 5 nitrogen and oxygen atoms in total. The average molecular weight is 339 g/mol. The summed E-state index contributed by atoms with van der Waals surface area (Å²) in [5.74, 6) is 1.25. The van der Waals surface area contributed by atoms with Crippen molar-refractivity contribution in [2.24, 2.45) is 11.7 Å². The molecule has 1 aromatic heterocycles. The minimum Gasteiger partial charge on any atom is -0.497 e. The summed E-state index contributed by atoms with van der Waals surface area (Å²) < 4.78 is 5.19. The Hall–Kier alpha value is -2.40. The summed E-state index contributed by atoms with van der Waals surface area (Å²) in [5, 5.41) is 0. The van der Waals surface area contributed by atoms with Crippen LogP contribution in [-0.4, -0.2) is 42.0 Å². The smallest absolute Gasteiger partial charge is 0.255 e. The monoisotopic (exact) mass is 339 g/mol. The number of nitrogens with two attached hydrogens (primary N) is 1. The third kappa shape index (κ3) is 3.66. The molecule has 2 aromatic rings. The summed E-state index contributed by atoms with van der Waals surface area (Å²) in [5.41, 5.74) is 8.46. The molecule has 2 heterocycles. The number of piperidine rings is 1. The molecule has 25 heavy (non-hydrogen) atoms. The third-order valence-corrected chi connectivity index (χ3v) is 5.03. The maximum atomic E-state index is 13.0. The van der Waals surface area contributed by atoms with Crippen LogP contribution in [0.25, 0.3) is 11.1 Å². The molecule has 1 aliphatic rings. The van der Waals surface area contributed by atoms with Gasteiger partial charge < -0.3 is 15.4 Å². The first-order chi connectivity index (χ1) is 12.1. The molecule has 2 N–H and O–H groups in total. The Morgan fingerprint density at radius 3 is 2.72 bits per heavy atom. The molecule has 1 aliphatic heterocycles. The third-order valence-electron chi connectivity index (χ3n) is 5.03. The molecule has 0 radical (unpaired) electrons. The fraction of sp³-hybridized carbons (Fsp3) is 0.400. The van der Waals surface area contributed by atoms with Gasteiger partial charge in [-0.3, -0.25) is 9.78 Å². The van der Waals surface area contributed by atoms with Crippen molar-refractivity contribution in [3.63, 3.8) is 0 Å². The number of carbonyl (C=O) groups is 1. The summed E-state index contributed by atoms with van der Waals surface area (Å²) in [4.78, 5) is 19.2. The number of pyridine rings is 1. The molecule has 0 bridgehead atoms. The van der Waals surface area contributed by atoms with Crippen molar-refractivity contribution in [3.05, 3.63) is 48.3 Å².